The maximum Gasteiger partial charge on any atom is 0.0638 e. The SMILES string of the molecule is CNC(COC(C)C)C1CN(C)CCN1C. The molecule has 1 saturated heterocycles. The third kappa shape index (κ3) is 4.01. The van der Waals surface area contributed by atoms with Gasteiger partial charge in [0.05, 0.1) is 12.7 Å². The van der Waals surface area contributed by atoms with Crippen LogP contribution in [0.3, 0.4) is 0 Å². The number of likely N-dealkylation sites (N-methyl/N-ethyl adjacent to an activating group) is 3. The minimum atomic E-state index is 0.308. The molecule has 2 unspecified atom stereocenters. The van der Waals surface area contributed by atoms with Crippen LogP contribution in [0.5, 0.6) is 0 Å². The minimum absolute atomic E-state index is 0.308. The van der Waals surface area contributed by atoms with Crippen LogP contribution in [0.4, 0.5) is 0 Å². The predicted octanol–water partition coefficient (Wildman–Crippen LogP) is 0.245. The van der Waals surface area contributed by atoms with Crippen LogP contribution in [0, 0.1) is 0 Å². The normalized spacial score (nSPS) is 26.2. The summed E-state index contributed by atoms with van der Waals surface area (Å²) in [5.74, 6) is 0. The number of hydrogen-bond donors (Lipinski definition) is 1. The average Bonchev–Trinajstić information content (AvgIpc) is 2.23. The lowest BCUT2D eigenvalue weighted by Crippen LogP contribution is -2.59. The molecule has 96 valence electrons. The Morgan fingerprint density at radius 1 is 1.31 bits per heavy atom. The number of nitrogens with one attached hydrogen (secondary N) is 1. The smallest absolute Gasteiger partial charge is 0.0638 e. The summed E-state index contributed by atoms with van der Waals surface area (Å²) in [6, 6.07) is 0.956. The molecule has 1 rings (SSSR count). The lowest BCUT2D eigenvalue weighted by Gasteiger charge is -2.41. The highest BCUT2D eigenvalue weighted by molar-refractivity contribution is 4.88. The third-order valence-corrected chi connectivity index (χ3v) is 3.34. The molecular formula is C12H27N3O. The standard InChI is InChI=1S/C12H27N3O/c1-10(2)16-9-11(13-3)12-8-14(4)6-7-15(12)5/h10-13H,6-9H2,1-5H3. The van der Waals surface area contributed by atoms with Crippen LogP contribution in [0.2, 0.25) is 0 Å². The molecule has 16 heavy (non-hydrogen) atoms. The Morgan fingerprint density at radius 3 is 2.56 bits per heavy atom. The van der Waals surface area contributed by atoms with Crippen molar-refractivity contribution in [2.24, 2.45) is 0 Å². The monoisotopic (exact) mass is 229 g/mol. The molecule has 1 aliphatic rings. The van der Waals surface area contributed by atoms with Crippen molar-refractivity contribution in [2.75, 3.05) is 47.4 Å². The van der Waals surface area contributed by atoms with Crippen molar-refractivity contribution in [1.82, 2.24) is 15.1 Å². The quantitative estimate of drug-likeness (QED) is 0.731. The Labute approximate surface area is 99.9 Å². The Morgan fingerprint density at radius 2 is 2.00 bits per heavy atom. The number of nitrogens with zero attached hydrogens (tertiary/aromatic N) is 2. The molecule has 1 aliphatic heterocycles. The summed E-state index contributed by atoms with van der Waals surface area (Å²) >= 11 is 0. The van der Waals surface area contributed by atoms with Gasteiger partial charge in [0.1, 0.15) is 0 Å². The van der Waals surface area contributed by atoms with Crippen molar-refractivity contribution >= 4 is 0 Å². The van der Waals surface area contributed by atoms with Crippen LogP contribution < -0.4 is 5.32 Å². The second-order valence-electron chi connectivity index (χ2n) is 5.09. The van der Waals surface area contributed by atoms with Crippen LogP contribution in [0.15, 0.2) is 0 Å². The first kappa shape index (κ1) is 13.9. The predicted molar refractivity (Wildman–Crippen MR) is 67.9 cm³/mol. The minimum Gasteiger partial charge on any atom is -0.377 e. The number of hydrogen-bond acceptors (Lipinski definition) is 4. The molecule has 0 radical (unpaired) electrons. The van der Waals surface area contributed by atoms with Crippen molar-refractivity contribution in [3.05, 3.63) is 0 Å². The van der Waals surface area contributed by atoms with Gasteiger partial charge in [0, 0.05) is 31.7 Å². The first-order valence-corrected chi connectivity index (χ1v) is 6.22. The fourth-order valence-electron chi connectivity index (χ4n) is 2.16. The number of rotatable bonds is 5. The van der Waals surface area contributed by atoms with E-state index >= 15 is 0 Å². The molecule has 0 spiro atoms. The van der Waals surface area contributed by atoms with Gasteiger partial charge in [0.2, 0.25) is 0 Å². The van der Waals surface area contributed by atoms with Crippen LogP contribution >= 0.6 is 0 Å². The van der Waals surface area contributed by atoms with E-state index in [1.165, 1.54) is 0 Å². The van der Waals surface area contributed by atoms with Gasteiger partial charge in [-0.2, -0.15) is 0 Å². The molecule has 2 atom stereocenters. The zero-order valence-corrected chi connectivity index (χ0v) is 11.4. The van der Waals surface area contributed by atoms with E-state index < -0.39 is 0 Å². The summed E-state index contributed by atoms with van der Waals surface area (Å²) in [7, 11) is 6.42. The molecule has 4 nitrogen and oxygen atoms in total. The second-order valence-corrected chi connectivity index (χ2v) is 5.09. The Bertz CT molecular complexity index is 199. The van der Waals surface area contributed by atoms with Crippen molar-refractivity contribution in [2.45, 2.75) is 32.0 Å². The largest absolute Gasteiger partial charge is 0.377 e. The molecule has 0 aromatic rings. The zero-order chi connectivity index (χ0) is 12.1. The Balaban J connectivity index is 2.49. The van der Waals surface area contributed by atoms with Gasteiger partial charge < -0.3 is 15.0 Å². The van der Waals surface area contributed by atoms with Gasteiger partial charge in [-0.1, -0.05) is 0 Å². The van der Waals surface area contributed by atoms with E-state index in [4.69, 9.17) is 4.74 Å². The lowest BCUT2D eigenvalue weighted by molar-refractivity contribution is 0.0192. The van der Waals surface area contributed by atoms with Crippen molar-refractivity contribution < 1.29 is 4.74 Å². The fraction of sp³-hybridized carbons (Fsp3) is 1.00. The molecule has 4 heteroatoms. The average molecular weight is 229 g/mol. The Kier molecular flexibility index (Phi) is 5.69. The summed E-state index contributed by atoms with van der Waals surface area (Å²) in [5, 5.41) is 3.38. The fourth-order valence-corrected chi connectivity index (χ4v) is 2.16. The van der Waals surface area contributed by atoms with Crippen molar-refractivity contribution in [3.8, 4) is 0 Å². The molecule has 0 aromatic heterocycles. The maximum atomic E-state index is 5.72. The van der Waals surface area contributed by atoms with Gasteiger partial charge in [-0.05, 0) is 35.0 Å². The van der Waals surface area contributed by atoms with E-state index in [-0.39, 0.29) is 0 Å². The third-order valence-electron chi connectivity index (χ3n) is 3.34. The Hall–Kier alpha value is -0.160. The summed E-state index contributed by atoms with van der Waals surface area (Å²) in [4.78, 5) is 4.83. The van der Waals surface area contributed by atoms with Gasteiger partial charge in [-0.3, -0.25) is 4.90 Å². The van der Waals surface area contributed by atoms with E-state index in [0.29, 0.717) is 18.2 Å². The molecule has 1 heterocycles. The number of ether oxygens (including phenoxy) is 1. The van der Waals surface area contributed by atoms with E-state index in [0.717, 1.165) is 26.2 Å². The van der Waals surface area contributed by atoms with Crippen LogP contribution in [0.1, 0.15) is 13.8 Å². The highest BCUT2D eigenvalue weighted by Gasteiger charge is 2.29. The van der Waals surface area contributed by atoms with Gasteiger partial charge in [-0.15, -0.1) is 0 Å². The molecule has 1 fully saturated rings. The van der Waals surface area contributed by atoms with Crippen molar-refractivity contribution in [3.63, 3.8) is 0 Å². The molecular weight excluding hydrogens is 202 g/mol. The first-order chi connectivity index (χ1) is 7.54. The second kappa shape index (κ2) is 6.55. The summed E-state index contributed by atoms with van der Waals surface area (Å²) in [6.07, 6.45) is 0.308. The maximum absolute atomic E-state index is 5.72. The summed E-state index contributed by atoms with van der Waals surface area (Å²) in [6.45, 7) is 8.38. The topological polar surface area (TPSA) is 27.7 Å². The van der Waals surface area contributed by atoms with E-state index in [1.54, 1.807) is 0 Å². The first-order valence-electron chi connectivity index (χ1n) is 6.22. The zero-order valence-electron chi connectivity index (χ0n) is 11.4. The van der Waals surface area contributed by atoms with Gasteiger partial charge in [0.25, 0.3) is 0 Å². The summed E-state index contributed by atoms with van der Waals surface area (Å²) < 4.78 is 5.72. The number of piperazine rings is 1. The van der Waals surface area contributed by atoms with Gasteiger partial charge >= 0.3 is 0 Å². The highest BCUT2D eigenvalue weighted by atomic mass is 16.5. The molecule has 1 N–H and O–H groups in total. The van der Waals surface area contributed by atoms with Crippen LogP contribution in [-0.4, -0.2) is 75.4 Å². The molecule has 0 aliphatic carbocycles. The van der Waals surface area contributed by atoms with Gasteiger partial charge in [0.15, 0.2) is 0 Å². The van der Waals surface area contributed by atoms with Crippen molar-refractivity contribution in [1.29, 1.82) is 0 Å². The van der Waals surface area contributed by atoms with E-state index in [1.807, 2.05) is 7.05 Å². The van der Waals surface area contributed by atoms with Gasteiger partial charge in [-0.25, -0.2) is 0 Å². The molecule has 0 aromatic carbocycles. The van der Waals surface area contributed by atoms with Crippen LogP contribution in [0.25, 0.3) is 0 Å². The lowest BCUT2D eigenvalue weighted by atomic mass is 10.0. The van der Waals surface area contributed by atoms with E-state index in [2.05, 4.69) is 43.1 Å². The summed E-state index contributed by atoms with van der Waals surface area (Å²) in [5.41, 5.74) is 0. The van der Waals surface area contributed by atoms with Crippen LogP contribution in [-0.2, 0) is 4.74 Å². The molecule has 0 bridgehead atoms. The highest BCUT2D eigenvalue weighted by Crippen LogP contribution is 2.10. The molecule has 0 amide bonds. The molecule has 0 saturated carbocycles. The van der Waals surface area contributed by atoms with E-state index in [9.17, 15) is 0 Å².